The molecule has 1 aromatic rings. The van der Waals surface area contributed by atoms with Crippen LogP contribution in [0, 0.1) is 0 Å². The van der Waals surface area contributed by atoms with E-state index in [-0.39, 0.29) is 11.9 Å². The zero-order valence-electron chi connectivity index (χ0n) is 14.4. The molecular weight excluding hydrogens is 308 g/mol. The Kier molecular flexibility index (Phi) is 6.50. The molecule has 2 rings (SSSR count). The molecule has 1 unspecified atom stereocenters. The van der Waals surface area contributed by atoms with E-state index in [2.05, 4.69) is 4.90 Å². The quantitative estimate of drug-likeness (QED) is 0.865. The number of amides is 1. The molecule has 0 aromatic heterocycles. The first-order chi connectivity index (χ1) is 10.9. The van der Waals surface area contributed by atoms with Crippen LogP contribution in [0.25, 0.3) is 0 Å². The van der Waals surface area contributed by atoms with Crippen molar-refractivity contribution in [2.24, 2.45) is 0 Å². The first-order valence-corrected chi connectivity index (χ1v) is 9.39. The largest absolute Gasteiger partial charge is 0.389 e. The average molecular weight is 337 g/mol. The van der Waals surface area contributed by atoms with Gasteiger partial charge in [0.05, 0.1) is 11.6 Å². The fourth-order valence-corrected chi connectivity index (χ4v) is 3.80. The number of hydrogen-bond donors (Lipinski definition) is 1. The third kappa shape index (κ3) is 5.83. The van der Waals surface area contributed by atoms with Crippen molar-refractivity contribution in [2.75, 3.05) is 31.1 Å². The molecule has 1 atom stereocenters. The Morgan fingerprint density at radius 3 is 2.48 bits per heavy atom. The Balaban J connectivity index is 2.09. The van der Waals surface area contributed by atoms with Gasteiger partial charge in [-0.1, -0.05) is 30.3 Å². The molecule has 1 heterocycles. The molecule has 1 saturated heterocycles. The molecule has 5 heteroatoms. The molecule has 0 saturated carbocycles. The van der Waals surface area contributed by atoms with Gasteiger partial charge in [-0.3, -0.25) is 9.69 Å². The predicted molar refractivity (Wildman–Crippen MR) is 96.5 cm³/mol. The van der Waals surface area contributed by atoms with Gasteiger partial charge in [-0.15, -0.1) is 0 Å². The Labute approximate surface area is 143 Å². The van der Waals surface area contributed by atoms with Crippen molar-refractivity contribution in [3.8, 4) is 0 Å². The normalized spacial score (nSPS) is 17.7. The van der Waals surface area contributed by atoms with Crippen molar-refractivity contribution in [2.45, 2.75) is 39.0 Å². The standard InChI is InChI=1S/C18H28N2O2S/c1-15(19-9-11-23-12-10-19)17(21)20(14-18(2,3)22)13-16-7-5-4-6-8-16/h4-8,15,22H,9-14H2,1-3H3. The monoisotopic (exact) mass is 336 g/mol. The van der Waals surface area contributed by atoms with E-state index < -0.39 is 5.60 Å². The summed E-state index contributed by atoms with van der Waals surface area (Å²) in [5.41, 5.74) is 0.188. The summed E-state index contributed by atoms with van der Waals surface area (Å²) in [7, 11) is 0. The van der Waals surface area contributed by atoms with Gasteiger partial charge in [-0.25, -0.2) is 0 Å². The highest BCUT2D eigenvalue weighted by Gasteiger charge is 2.30. The van der Waals surface area contributed by atoms with Crippen molar-refractivity contribution >= 4 is 17.7 Å². The highest BCUT2D eigenvalue weighted by molar-refractivity contribution is 7.99. The molecular formula is C18H28N2O2S. The van der Waals surface area contributed by atoms with E-state index in [0.717, 1.165) is 30.2 Å². The summed E-state index contributed by atoms with van der Waals surface area (Å²) < 4.78 is 0. The SMILES string of the molecule is CC(C(=O)N(Cc1ccccc1)CC(C)(C)O)N1CCSCC1. The first kappa shape index (κ1) is 18.3. The van der Waals surface area contributed by atoms with Crippen molar-refractivity contribution < 1.29 is 9.90 Å². The summed E-state index contributed by atoms with van der Waals surface area (Å²) in [6.07, 6.45) is 0. The van der Waals surface area contributed by atoms with E-state index in [1.165, 1.54) is 0 Å². The topological polar surface area (TPSA) is 43.8 Å². The number of rotatable bonds is 6. The molecule has 1 aliphatic rings. The minimum Gasteiger partial charge on any atom is -0.389 e. The minimum atomic E-state index is -0.901. The summed E-state index contributed by atoms with van der Waals surface area (Å²) in [4.78, 5) is 17.0. The molecule has 4 nitrogen and oxygen atoms in total. The lowest BCUT2D eigenvalue weighted by molar-refractivity contribution is -0.140. The molecule has 1 aliphatic heterocycles. The highest BCUT2D eigenvalue weighted by Crippen LogP contribution is 2.17. The summed E-state index contributed by atoms with van der Waals surface area (Å²) in [6.45, 7) is 8.28. The molecule has 0 spiro atoms. The maximum absolute atomic E-state index is 13.0. The van der Waals surface area contributed by atoms with Gasteiger partial charge in [0.1, 0.15) is 0 Å². The lowest BCUT2D eigenvalue weighted by atomic mass is 10.1. The summed E-state index contributed by atoms with van der Waals surface area (Å²) in [6, 6.07) is 9.84. The number of carbonyl (C=O) groups excluding carboxylic acids is 1. The molecule has 1 N–H and O–H groups in total. The highest BCUT2D eigenvalue weighted by atomic mass is 32.2. The van der Waals surface area contributed by atoms with Crippen LogP contribution in [-0.4, -0.2) is 63.6 Å². The van der Waals surface area contributed by atoms with Crippen LogP contribution in [0.1, 0.15) is 26.3 Å². The zero-order chi connectivity index (χ0) is 16.9. The number of thioether (sulfide) groups is 1. The van der Waals surface area contributed by atoms with Gasteiger partial charge in [0.25, 0.3) is 0 Å². The van der Waals surface area contributed by atoms with E-state index >= 15 is 0 Å². The second-order valence-electron chi connectivity index (χ2n) is 6.82. The Bertz CT molecular complexity index is 495. The lowest BCUT2D eigenvalue weighted by Gasteiger charge is -2.36. The van der Waals surface area contributed by atoms with Crippen molar-refractivity contribution in [3.63, 3.8) is 0 Å². The smallest absolute Gasteiger partial charge is 0.240 e. The maximum atomic E-state index is 13.0. The van der Waals surface area contributed by atoms with Gasteiger partial charge >= 0.3 is 0 Å². The third-order valence-electron chi connectivity index (χ3n) is 4.06. The molecule has 128 valence electrons. The van der Waals surface area contributed by atoms with E-state index in [1.54, 1.807) is 18.7 Å². The Morgan fingerprint density at radius 1 is 1.30 bits per heavy atom. The first-order valence-electron chi connectivity index (χ1n) is 8.24. The van der Waals surface area contributed by atoms with E-state index in [9.17, 15) is 9.90 Å². The number of benzene rings is 1. The van der Waals surface area contributed by atoms with Crippen molar-refractivity contribution in [1.82, 2.24) is 9.80 Å². The van der Waals surface area contributed by atoms with Crippen LogP contribution in [0.2, 0.25) is 0 Å². The van der Waals surface area contributed by atoms with Gasteiger partial charge < -0.3 is 10.0 Å². The van der Waals surface area contributed by atoms with Gasteiger partial charge in [0.2, 0.25) is 5.91 Å². The fraction of sp³-hybridized carbons (Fsp3) is 0.611. The number of aliphatic hydroxyl groups is 1. The van der Waals surface area contributed by atoms with Crippen LogP contribution < -0.4 is 0 Å². The molecule has 0 aliphatic carbocycles. The van der Waals surface area contributed by atoms with Crippen molar-refractivity contribution in [1.29, 1.82) is 0 Å². The van der Waals surface area contributed by atoms with Crippen LogP contribution in [0.5, 0.6) is 0 Å². The van der Waals surface area contributed by atoms with Crippen LogP contribution in [0.3, 0.4) is 0 Å². The van der Waals surface area contributed by atoms with Crippen LogP contribution in [0.4, 0.5) is 0 Å². The Hall–Kier alpha value is -1.04. The summed E-state index contributed by atoms with van der Waals surface area (Å²) in [5.74, 6) is 2.27. The number of carbonyl (C=O) groups is 1. The van der Waals surface area contributed by atoms with Gasteiger partial charge in [0, 0.05) is 37.7 Å². The van der Waals surface area contributed by atoms with E-state index in [1.807, 2.05) is 49.0 Å². The van der Waals surface area contributed by atoms with Gasteiger partial charge in [-0.2, -0.15) is 11.8 Å². The summed E-state index contributed by atoms with van der Waals surface area (Å²) >= 11 is 1.94. The van der Waals surface area contributed by atoms with Crippen LogP contribution >= 0.6 is 11.8 Å². The molecule has 1 fully saturated rings. The predicted octanol–water partition coefficient (Wildman–Crippen LogP) is 2.22. The molecule has 1 amide bonds. The second-order valence-corrected chi connectivity index (χ2v) is 8.04. The van der Waals surface area contributed by atoms with Crippen LogP contribution in [-0.2, 0) is 11.3 Å². The molecule has 1 aromatic carbocycles. The van der Waals surface area contributed by atoms with Gasteiger partial charge in [0.15, 0.2) is 0 Å². The third-order valence-corrected chi connectivity index (χ3v) is 5.00. The van der Waals surface area contributed by atoms with Crippen molar-refractivity contribution in [3.05, 3.63) is 35.9 Å². The minimum absolute atomic E-state index is 0.0999. The second kappa shape index (κ2) is 8.18. The molecule has 0 bridgehead atoms. The average Bonchev–Trinajstić information content (AvgIpc) is 2.53. The summed E-state index contributed by atoms with van der Waals surface area (Å²) in [5, 5.41) is 10.2. The van der Waals surface area contributed by atoms with Gasteiger partial charge in [-0.05, 0) is 26.3 Å². The molecule has 0 radical (unpaired) electrons. The van der Waals surface area contributed by atoms with E-state index in [4.69, 9.17) is 0 Å². The molecule has 23 heavy (non-hydrogen) atoms. The van der Waals surface area contributed by atoms with Crippen LogP contribution in [0.15, 0.2) is 30.3 Å². The van der Waals surface area contributed by atoms with E-state index in [0.29, 0.717) is 13.1 Å². The zero-order valence-corrected chi connectivity index (χ0v) is 15.2. The lowest BCUT2D eigenvalue weighted by Crippen LogP contribution is -2.52. The maximum Gasteiger partial charge on any atom is 0.240 e. The number of nitrogens with zero attached hydrogens (tertiary/aromatic N) is 2. The fourth-order valence-electron chi connectivity index (χ4n) is 2.87. The number of hydrogen-bond acceptors (Lipinski definition) is 4. The Morgan fingerprint density at radius 2 is 1.91 bits per heavy atom.